The van der Waals surface area contributed by atoms with Gasteiger partial charge in [0.15, 0.2) is 17.4 Å². The Morgan fingerprint density at radius 1 is 1.13 bits per heavy atom. The second kappa shape index (κ2) is 9.07. The largest absolute Gasteiger partial charge is 0.481 e. The molecule has 2 aromatic carbocycles. The van der Waals surface area contributed by atoms with E-state index in [1.54, 1.807) is 10.7 Å². The summed E-state index contributed by atoms with van der Waals surface area (Å²) in [4.78, 5) is 11.0. The van der Waals surface area contributed by atoms with E-state index in [1.807, 2.05) is 31.2 Å². The number of hydrogen-bond acceptors (Lipinski definition) is 3. The topological polar surface area (TPSA) is 64.4 Å². The summed E-state index contributed by atoms with van der Waals surface area (Å²) < 4.78 is 36.0. The smallest absolute Gasteiger partial charge is 0.306 e. The number of ether oxygens (including phenoxy) is 1. The predicted molar refractivity (Wildman–Crippen MR) is 109 cm³/mol. The summed E-state index contributed by atoms with van der Waals surface area (Å²) in [7, 11) is 0. The molecule has 5 nitrogen and oxygen atoms in total. The SMILES string of the molecule is CCc1ccc(-n2nc(C)cc2COc2c(F)cc(CC(C)C(=O)O)cc2F)cc1. The van der Waals surface area contributed by atoms with Crippen molar-refractivity contribution in [2.75, 3.05) is 0 Å². The summed E-state index contributed by atoms with van der Waals surface area (Å²) in [5, 5.41) is 13.4. The molecule has 1 unspecified atom stereocenters. The first-order chi connectivity index (χ1) is 14.3. The van der Waals surface area contributed by atoms with E-state index in [9.17, 15) is 13.6 Å². The fourth-order valence-electron chi connectivity index (χ4n) is 3.21. The second-order valence-corrected chi connectivity index (χ2v) is 7.33. The normalized spacial score (nSPS) is 12.0. The molecule has 0 aliphatic heterocycles. The van der Waals surface area contributed by atoms with Crippen molar-refractivity contribution >= 4 is 5.97 Å². The van der Waals surface area contributed by atoms with Gasteiger partial charge in [-0.25, -0.2) is 13.5 Å². The highest BCUT2D eigenvalue weighted by molar-refractivity contribution is 5.69. The molecule has 0 fully saturated rings. The van der Waals surface area contributed by atoms with Crippen molar-refractivity contribution in [1.82, 2.24) is 9.78 Å². The highest BCUT2D eigenvalue weighted by Crippen LogP contribution is 2.26. The van der Waals surface area contributed by atoms with Gasteiger partial charge in [0.2, 0.25) is 0 Å². The molecule has 30 heavy (non-hydrogen) atoms. The van der Waals surface area contributed by atoms with Gasteiger partial charge < -0.3 is 9.84 Å². The Balaban J connectivity index is 1.79. The lowest BCUT2D eigenvalue weighted by molar-refractivity contribution is -0.141. The molecular formula is C23H24F2N2O3. The van der Waals surface area contributed by atoms with E-state index < -0.39 is 29.3 Å². The number of rotatable bonds is 8. The van der Waals surface area contributed by atoms with Crippen LogP contribution in [0.2, 0.25) is 0 Å². The van der Waals surface area contributed by atoms with Crippen LogP contribution in [0.3, 0.4) is 0 Å². The van der Waals surface area contributed by atoms with Crippen LogP contribution in [0.4, 0.5) is 8.78 Å². The lowest BCUT2D eigenvalue weighted by Gasteiger charge is -2.13. The lowest BCUT2D eigenvalue weighted by atomic mass is 10.0. The van der Waals surface area contributed by atoms with E-state index in [-0.39, 0.29) is 18.6 Å². The van der Waals surface area contributed by atoms with E-state index in [0.29, 0.717) is 5.69 Å². The van der Waals surface area contributed by atoms with Crippen LogP contribution >= 0.6 is 0 Å². The fourth-order valence-corrected chi connectivity index (χ4v) is 3.21. The van der Waals surface area contributed by atoms with Gasteiger partial charge in [-0.15, -0.1) is 0 Å². The Hall–Kier alpha value is -3.22. The first-order valence-corrected chi connectivity index (χ1v) is 9.76. The van der Waals surface area contributed by atoms with E-state index >= 15 is 0 Å². The number of carbonyl (C=O) groups is 1. The number of carboxylic acids is 1. The summed E-state index contributed by atoms with van der Waals surface area (Å²) >= 11 is 0. The van der Waals surface area contributed by atoms with E-state index in [2.05, 4.69) is 12.0 Å². The summed E-state index contributed by atoms with van der Waals surface area (Å²) in [6, 6.07) is 11.9. The standard InChI is InChI=1S/C23H24F2N2O3/c1-4-16-5-7-18(8-6-16)27-19(10-15(3)26-27)13-30-22-20(24)11-17(12-21(22)25)9-14(2)23(28)29/h5-8,10-12,14H,4,9,13H2,1-3H3,(H,28,29). The zero-order chi connectivity index (χ0) is 21.8. The number of aryl methyl sites for hydroxylation is 2. The molecule has 0 bridgehead atoms. The van der Waals surface area contributed by atoms with Crippen LogP contribution in [-0.4, -0.2) is 20.9 Å². The fraction of sp³-hybridized carbons (Fsp3) is 0.304. The third-order valence-corrected chi connectivity index (χ3v) is 4.88. The average Bonchev–Trinajstić information content (AvgIpc) is 3.07. The average molecular weight is 414 g/mol. The molecule has 0 saturated carbocycles. The number of nitrogens with zero attached hydrogens (tertiary/aromatic N) is 2. The van der Waals surface area contributed by atoms with Crippen LogP contribution in [0.1, 0.15) is 36.4 Å². The minimum absolute atomic E-state index is 0.0309. The number of benzene rings is 2. The van der Waals surface area contributed by atoms with E-state index in [1.165, 1.54) is 12.5 Å². The molecule has 1 N–H and O–H groups in total. The predicted octanol–water partition coefficient (Wildman–Crippen LogP) is 4.86. The van der Waals surface area contributed by atoms with Crippen LogP contribution in [0.5, 0.6) is 5.75 Å². The molecule has 0 amide bonds. The van der Waals surface area contributed by atoms with Gasteiger partial charge in [0, 0.05) is 0 Å². The maximum atomic E-state index is 14.4. The molecule has 1 heterocycles. The first kappa shape index (κ1) is 21.5. The van der Waals surface area contributed by atoms with Crippen LogP contribution in [0.25, 0.3) is 5.69 Å². The Kier molecular flexibility index (Phi) is 6.50. The van der Waals surface area contributed by atoms with Crippen molar-refractivity contribution in [2.45, 2.75) is 40.2 Å². The molecule has 3 aromatic rings. The van der Waals surface area contributed by atoms with Gasteiger partial charge in [0.1, 0.15) is 6.61 Å². The highest BCUT2D eigenvalue weighted by atomic mass is 19.1. The van der Waals surface area contributed by atoms with Crippen molar-refractivity contribution in [1.29, 1.82) is 0 Å². The van der Waals surface area contributed by atoms with Gasteiger partial charge >= 0.3 is 5.97 Å². The highest BCUT2D eigenvalue weighted by Gasteiger charge is 2.18. The summed E-state index contributed by atoms with van der Waals surface area (Å²) in [6.07, 6.45) is 0.956. The van der Waals surface area contributed by atoms with Gasteiger partial charge in [0.25, 0.3) is 0 Å². The van der Waals surface area contributed by atoms with Crippen molar-refractivity contribution in [3.8, 4) is 11.4 Å². The van der Waals surface area contributed by atoms with Gasteiger partial charge in [-0.2, -0.15) is 5.10 Å². The van der Waals surface area contributed by atoms with E-state index in [4.69, 9.17) is 9.84 Å². The number of aromatic nitrogens is 2. The maximum absolute atomic E-state index is 14.4. The van der Waals surface area contributed by atoms with Crippen LogP contribution in [0.15, 0.2) is 42.5 Å². The molecule has 3 rings (SSSR count). The third-order valence-electron chi connectivity index (χ3n) is 4.88. The Labute approximate surface area is 173 Å². The maximum Gasteiger partial charge on any atom is 0.306 e. The molecule has 0 spiro atoms. The summed E-state index contributed by atoms with van der Waals surface area (Å²) in [6.45, 7) is 5.32. The Morgan fingerprint density at radius 3 is 2.33 bits per heavy atom. The number of halogens is 2. The summed E-state index contributed by atoms with van der Waals surface area (Å²) in [5.41, 5.74) is 3.70. The van der Waals surface area contributed by atoms with Crippen molar-refractivity contribution < 1.29 is 23.4 Å². The molecule has 0 aliphatic carbocycles. The van der Waals surface area contributed by atoms with Gasteiger partial charge in [-0.1, -0.05) is 26.0 Å². The molecule has 158 valence electrons. The Morgan fingerprint density at radius 2 is 1.77 bits per heavy atom. The molecule has 1 atom stereocenters. The minimum Gasteiger partial charge on any atom is -0.481 e. The quantitative estimate of drug-likeness (QED) is 0.572. The van der Waals surface area contributed by atoms with Gasteiger partial charge in [-0.3, -0.25) is 4.79 Å². The lowest BCUT2D eigenvalue weighted by Crippen LogP contribution is -2.13. The van der Waals surface area contributed by atoms with Crippen molar-refractivity contribution in [3.05, 3.63) is 76.6 Å². The zero-order valence-corrected chi connectivity index (χ0v) is 17.2. The van der Waals surface area contributed by atoms with Crippen molar-refractivity contribution in [2.24, 2.45) is 5.92 Å². The molecular weight excluding hydrogens is 390 g/mol. The molecule has 0 aliphatic rings. The van der Waals surface area contributed by atoms with Gasteiger partial charge in [0.05, 0.1) is 23.0 Å². The van der Waals surface area contributed by atoms with Crippen molar-refractivity contribution in [3.63, 3.8) is 0 Å². The van der Waals surface area contributed by atoms with Crippen LogP contribution < -0.4 is 4.74 Å². The number of aliphatic carboxylic acids is 1. The van der Waals surface area contributed by atoms with E-state index in [0.717, 1.165) is 29.9 Å². The molecule has 0 saturated heterocycles. The third kappa shape index (κ3) is 4.84. The monoisotopic (exact) mass is 414 g/mol. The number of carboxylic acid groups (broad SMARTS) is 1. The Bertz CT molecular complexity index is 1020. The molecule has 0 radical (unpaired) electrons. The zero-order valence-electron chi connectivity index (χ0n) is 17.2. The second-order valence-electron chi connectivity index (χ2n) is 7.33. The van der Waals surface area contributed by atoms with Crippen LogP contribution in [0, 0.1) is 24.5 Å². The molecule has 1 aromatic heterocycles. The minimum atomic E-state index is -1.02. The molecule has 7 heteroatoms. The van der Waals surface area contributed by atoms with Gasteiger partial charge in [-0.05, 0) is 61.2 Å². The first-order valence-electron chi connectivity index (χ1n) is 9.76. The number of hydrogen-bond donors (Lipinski definition) is 1. The summed E-state index contributed by atoms with van der Waals surface area (Å²) in [5.74, 6) is -3.98. The van der Waals surface area contributed by atoms with Crippen LogP contribution in [-0.2, 0) is 24.2 Å².